The molecule has 18 heavy (non-hydrogen) atoms. The van der Waals surface area contributed by atoms with Crippen LogP contribution in [-0.4, -0.2) is 36.0 Å². The second-order valence-electron chi connectivity index (χ2n) is 6.59. The molecule has 104 valence electrons. The number of hydrogen-bond donors (Lipinski definition) is 2. The highest BCUT2D eigenvalue weighted by Crippen LogP contribution is 2.42. The zero-order valence-corrected chi connectivity index (χ0v) is 11.4. The minimum Gasteiger partial charge on any atom is -0.393 e. The SMILES string of the molecule is OC1CCCCC1CNC1CCOC2(CCC2)C1. The van der Waals surface area contributed by atoms with Crippen molar-refractivity contribution in [3.8, 4) is 0 Å². The van der Waals surface area contributed by atoms with E-state index in [0.717, 1.165) is 26.0 Å². The summed E-state index contributed by atoms with van der Waals surface area (Å²) in [5, 5.41) is 13.7. The molecule has 3 unspecified atom stereocenters. The lowest BCUT2D eigenvalue weighted by Gasteiger charge is -2.47. The van der Waals surface area contributed by atoms with Gasteiger partial charge in [0.15, 0.2) is 0 Å². The smallest absolute Gasteiger partial charge is 0.0697 e. The van der Waals surface area contributed by atoms with E-state index in [-0.39, 0.29) is 11.7 Å². The fourth-order valence-corrected chi connectivity index (χ4v) is 3.87. The Hall–Kier alpha value is -0.120. The summed E-state index contributed by atoms with van der Waals surface area (Å²) in [6.07, 6.45) is 10.8. The van der Waals surface area contributed by atoms with E-state index in [1.807, 2.05) is 0 Å². The lowest BCUT2D eigenvalue weighted by atomic mass is 9.74. The zero-order valence-electron chi connectivity index (χ0n) is 11.4. The van der Waals surface area contributed by atoms with E-state index in [0.29, 0.717) is 12.0 Å². The molecular weight excluding hydrogens is 226 g/mol. The number of ether oxygens (including phenoxy) is 1. The normalized spacial score (nSPS) is 39.5. The summed E-state index contributed by atoms with van der Waals surface area (Å²) in [4.78, 5) is 0. The molecule has 0 aromatic heterocycles. The van der Waals surface area contributed by atoms with Gasteiger partial charge in [-0.15, -0.1) is 0 Å². The molecule has 3 rings (SSSR count). The highest BCUT2D eigenvalue weighted by atomic mass is 16.5. The first-order valence-electron chi connectivity index (χ1n) is 7.83. The van der Waals surface area contributed by atoms with Crippen molar-refractivity contribution in [2.24, 2.45) is 5.92 Å². The maximum absolute atomic E-state index is 9.99. The van der Waals surface area contributed by atoms with Crippen LogP contribution in [0.25, 0.3) is 0 Å². The lowest BCUT2D eigenvalue weighted by molar-refractivity contribution is -0.136. The number of aliphatic hydroxyl groups is 1. The van der Waals surface area contributed by atoms with Gasteiger partial charge in [0.05, 0.1) is 11.7 Å². The summed E-state index contributed by atoms with van der Waals surface area (Å²) in [5.41, 5.74) is 0.237. The Bertz CT molecular complexity index is 278. The molecule has 0 radical (unpaired) electrons. The summed E-state index contributed by atoms with van der Waals surface area (Å²) in [5.74, 6) is 0.485. The molecule has 1 aliphatic heterocycles. The quantitative estimate of drug-likeness (QED) is 0.810. The molecule has 1 spiro atoms. The molecular formula is C15H27NO2. The maximum Gasteiger partial charge on any atom is 0.0697 e. The van der Waals surface area contributed by atoms with Crippen molar-refractivity contribution in [3.63, 3.8) is 0 Å². The predicted octanol–water partition coefficient (Wildman–Crippen LogP) is 2.23. The van der Waals surface area contributed by atoms with Crippen LogP contribution in [0.1, 0.15) is 57.8 Å². The fraction of sp³-hybridized carbons (Fsp3) is 1.00. The van der Waals surface area contributed by atoms with Gasteiger partial charge in [-0.1, -0.05) is 12.8 Å². The van der Waals surface area contributed by atoms with Gasteiger partial charge in [0.25, 0.3) is 0 Å². The van der Waals surface area contributed by atoms with Crippen LogP contribution < -0.4 is 5.32 Å². The van der Waals surface area contributed by atoms with Crippen molar-refractivity contribution in [2.45, 2.75) is 75.5 Å². The summed E-state index contributed by atoms with van der Waals surface area (Å²) in [7, 11) is 0. The van der Waals surface area contributed by atoms with Gasteiger partial charge in [0, 0.05) is 19.2 Å². The van der Waals surface area contributed by atoms with Crippen LogP contribution in [0.2, 0.25) is 0 Å². The molecule has 2 aliphatic carbocycles. The molecule has 0 bridgehead atoms. The third-order valence-electron chi connectivity index (χ3n) is 5.30. The molecule has 3 nitrogen and oxygen atoms in total. The third-order valence-corrected chi connectivity index (χ3v) is 5.30. The molecule has 3 aliphatic rings. The van der Waals surface area contributed by atoms with Crippen LogP contribution in [0.4, 0.5) is 0 Å². The van der Waals surface area contributed by atoms with Crippen molar-refractivity contribution in [3.05, 3.63) is 0 Å². The Morgan fingerprint density at radius 3 is 2.67 bits per heavy atom. The minimum absolute atomic E-state index is 0.0660. The van der Waals surface area contributed by atoms with Crippen LogP contribution in [0.3, 0.4) is 0 Å². The average molecular weight is 253 g/mol. The van der Waals surface area contributed by atoms with Gasteiger partial charge in [-0.05, 0) is 50.9 Å². The molecule has 0 aromatic rings. The fourth-order valence-electron chi connectivity index (χ4n) is 3.87. The van der Waals surface area contributed by atoms with Gasteiger partial charge in [-0.25, -0.2) is 0 Å². The van der Waals surface area contributed by atoms with Gasteiger partial charge in [0.1, 0.15) is 0 Å². The van der Waals surface area contributed by atoms with Crippen molar-refractivity contribution < 1.29 is 9.84 Å². The first kappa shape index (κ1) is 12.9. The molecule has 2 N–H and O–H groups in total. The van der Waals surface area contributed by atoms with Crippen LogP contribution in [0.5, 0.6) is 0 Å². The molecule has 0 amide bonds. The molecule has 2 saturated carbocycles. The Morgan fingerprint density at radius 1 is 1.11 bits per heavy atom. The van der Waals surface area contributed by atoms with E-state index in [1.165, 1.54) is 44.9 Å². The molecule has 1 saturated heterocycles. The predicted molar refractivity (Wildman–Crippen MR) is 71.5 cm³/mol. The van der Waals surface area contributed by atoms with Gasteiger partial charge in [-0.2, -0.15) is 0 Å². The molecule has 3 heteroatoms. The summed E-state index contributed by atoms with van der Waals surface area (Å²) in [6, 6.07) is 0.619. The maximum atomic E-state index is 9.99. The van der Waals surface area contributed by atoms with Gasteiger partial charge >= 0.3 is 0 Å². The largest absolute Gasteiger partial charge is 0.393 e. The monoisotopic (exact) mass is 253 g/mol. The number of aliphatic hydroxyl groups excluding tert-OH is 1. The number of nitrogens with one attached hydrogen (secondary N) is 1. The van der Waals surface area contributed by atoms with E-state index in [1.54, 1.807) is 0 Å². The topological polar surface area (TPSA) is 41.5 Å². The molecule has 3 atom stereocenters. The van der Waals surface area contributed by atoms with Gasteiger partial charge in [0.2, 0.25) is 0 Å². The first-order chi connectivity index (χ1) is 8.77. The standard InChI is InChI=1S/C15H27NO2/c17-14-5-2-1-4-12(14)11-16-13-6-9-18-15(10-13)7-3-8-15/h12-14,16-17H,1-11H2. The lowest BCUT2D eigenvalue weighted by Crippen LogP contribution is -2.52. The average Bonchev–Trinajstić information content (AvgIpc) is 2.36. The Kier molecular flexibility index (Phi) is 3.92. The second-order valence-corrected chi connectivity index (χ2v) is 6.59. The van der Waals surface area contributed by atoms with E-state index in [4.69, 9.17) is 4.74 Å². The number of rotatable bonds is 3. The van der Waals surface area contributed by atoms with Crippen molar-refractivity contribution in [2.75, 3.05) is 13.2 Å². The van der Waals surface area contributed by atoms with Crippen LogP contribution in [-0.2, 0) is 4.74 Å². The third kappa shape index (κ3) is 2.73. The zero-order chi connectivity index (χ0) is 12.4. The molecule has 0 aromatic carbocycles. The highest BCUT2D eigenvalue weighted by molar-refractivity contribution is 4.96. The van der Waals surface area contributed by atoms with E-state index in [2.05, 4.69) is 5.32 Å². The van der Waals surface area contributed by atoms with Crippen molar-refractivity contribution in [1.82, 2.24) is 5.32 Å². The highest BCUT2D eigenvalue weighted by Gasteiger charge is 2.42. The first-order valence-corrected chi connectivity index (χ1v) is 7.83. The van der Waals surface area contributed by atoms with E-state index >= 15 is 0 Å². The van der Waals surface area contributed by atoms with Gasteiger partial charge < -0.3 is 15.2 Å². The van der Waals surface area contributed by atoms with Crippen molar-refractivity contribution in [1.29, 1.82) is 0 Å². The van der Waals surface area contributed by atoms with E-state index in [9.17, 15) is 5.11 Å². The Morgan fingerprint density at radius 2 is 1.94 bits per heavy atom. The summed E-state index contributed by atoms with van der Waals surface area (Å²) < 4.78 is 5.96. The summed E-state index contributed by atoms with van der Waals surface area (Å²) >= 11 is 0. The van der Waals surface area contributed by atoms with Gasteiger partial charge in [-0.3, -0.25) is 0 Å². The second kappa shape index (κ2) is 5.48. The van der Waals surface area contributed by atoms with Crippen LogP contribution in [0.15, 0.2) is 0 Å². The van der Waals surface area contributed by atoms with Crippen LogP contribution in [0, 0.1) is 5.92 Å². The summed E-state index contributed by atoms with van der Waals surface area (Å²) in [6.45, 7) is 1.92. The molecule has 3 fully saturated rings. The van der Waals surface area contributed by atoms with Crippen molar-refractivity contribution >= 4 is 0 Å². The van der Waals surface area contributed by atoms with Crippen LogP contribution >= 0.6 is 0 Å². The number of hydrogen-bond acceptors (Lipinski definition) is 3. The Labute approximate surface area is 110 Å². The van der Waals surface area contributed by atoms with E-state index < -0.39 is 0 Å². The minimum atomic E-state index is -0.0660. The Balaban J connectivity index is 1.44. The molecule has 1 heterocycles.